The van der Waals surface area contributed by atoms with E-state index in [1.54, 1.807) is 31.4 Å². The van der Waals surface area contributed by atoms with Crippen LogP contribution in [0.5, 0.6) is 0 Å². The van der Waals surface area contributed by atoms with E-state index >= 15 is 0 Å². The number of ether oxygens (including phenoxy) is 8. The van der Waals surface area contributed by atoms with Crippen molar-refractivity contribution in [3.05, 3.63) is 53.0 Å². The van der Waals surface area contributed by atoms with Gasteiger partial charge in [-0.2, -0.15) is 8.42 Å². The van der Waals surface area contributed by atoms with E-state index in [9.17, 15) is 13.2 Å². The van der Waals surface area contributed by atoms with Crippen molar-refractivity contribution in [3.8, 4) is 0 Å². The molecule has 6 bridgehead atoms. The molecule has 0 N–H and O–H groups in total. The van der Waals surface area contributed by atoms with Crippen molar-refractivity contribution in [2.75, 3.05) is 20.3 Å². The first-order chi connectivity index (χ1) is 39.7. The van der Waals surface area contributed by atoms with Crippen LogP contribution in [0.15, 0.2) is 52.4 Å². The third-order valence-corrected chi connectivity index (χ3v) is 36.8. The monoisotopic (exact) mass is 1320 g/mol. The van der Waals surface area contributed by atoms with E-state index in [1.165, 1.54) is 0 Å². The zero-order chi connectivity index (χ0) is 62.2. The van der Waals surface area contributed by atoms with Gasteiger partial charge in [-0.1, -0.05) is 116 Å². The lowest BCUT2D eigenvalue weighted by Crippen LogP contribution is -2.61. The van der Waals surface area contributed by atoms with Crippen LogP contribution in [-0.2, 0) is 70.3 Å². The van der Waals surface area contributed by atoms with Crippen molar-refractivity contribution in [3.63, 3.8) is 0 Å². The van der Waals surface area contributed by atoms with Gasteiger partial charge in [-0.15, -0.1) is 0 Å². The summed E-state index contributed by atoms with van der Waals surface area (Å²) < 4.78 is 110. The molecule has 8 fully saturated rings. The number of carbonyl (C=O) groups excluding carboxylic acids is 1. The van der Waals surface area contributed by atoms with Crippen molar-refractivity contribution in [1.82, 2.24) is 0 Å². The fourth-order valence-electron chi connectivity index (χ4n) is 13.9. The first-order valence-electron chi connectivity index (χ1n) is 32.4. The molecule has 0 amide bonds. The SMILES string of the molecule is C=C(Br)C[C@@H](CCC12CC3OC4C(OC5CCC(CC(=O)C[C@@H]6[C@@H](OC)[C@@H](C[C@@H](CO[Si](C)(C)C(C)(C)C)O[Si](C)(C)C(C)(C)C)O[C@H]6C[C@H]6O[C@@H](CCCO[Si](CC)(CC)CC)C[C@@H](C)C6=C)OC5C4O1)C3O2)OS(=O)(=O)c1ccc(C)cc1. The molecule has 0 spiro atoms. The number of rotatable bonds is 30. The summed E-state index contributed by atoms with van der Waals surface area (Å²) in [5, 5.41) is -0.0131. The molecular weight excluding hydrogens is 1220 g/mol. The Bertz CT molecular complexity index is 2530. The van der Waals surface area contributed by atoms with Crippen molar-refractivity contribution in [2.24, 2.45) is 11.8 Å². The fraction of sp³-hybridized carbons (Fsp3) is 0.831. The van der Waals surface area contributed by atoms with Crippen molar-refractivity contribution < 1.29 is 68.6 Å². The predicted molar refractivity (Wildman–Crippen MR) is 343 cm³/mol. The molecule has 8 heterocycles. The highest BCUT2D eigenvalue weighted by Gasteiger charge is 2.69. The van der Waals surface area contributed by atoms with Gasteiger partial charge in [-0.3, -0.25) is 8.98 Å². The molecule has 18 atom stereocenters. The average Bonchev–Trinajstić information content (AvgIpc) is 1.58. The van der Waals surface area contributed by atoms with Gasteiger partial charge >= 0.3 is 0 Å². The smallest absolute Gasteiger partial charge is 0.297 e. The molecule has 85 heavy (non-hydrogen) atoms. The molecule has 0 radical (unpaired) electrons. The summed E-state index contributed by atoms with van der Waals surface area (Å²) in [6, 6.07) is 10.0. The average molecular weight is 1330 g/mol. The van der Waals surface area contributed by atoms with Crippen LogP contribution in [0.4, 0.5) is 0 Å². The highest BCUT2D eigenvalue weighted by molar-refractivity contribution is 9.11. The Labute approximate surface area is 523 Å². The minimum absolute atomic E-state index is 0.0179. The summed E-state index contributed by atoms with van der Waals surface area (Å²) in [6.45, 7) is 43.7. The maximum atomic E-state index is 15.0. The summed E-state index contributed by atoms with van der Waals surface area (Å²) in [5.74, 6) is -1.02. The minimum atomic E-state index is -4.08. The molecule has 0 saturated carbocycles. The Hall–Kier alpha value is -1.03. The molecule has 1 aromatic carbocycles. The quantitative estimate of drug-likeness (QED) is 0.0309. The minimum Gasteiger partial charge on any atom is -0.417 e. The number of benzene rings is 1. The maximum absolute atomic E-state index is 15.0. The topological polar surface area (TPSA) is 162 Å². The molecule has 8 aliphatic rings. The van der Waals surface area contributed by atoms with Crippen molar-refractivity contribution in [1.29, 1.82) is 0 Å². The molecule has 484 valence electrons. The lowest BCUT2D eigenvalue weighted by atomic mass is 9.81. The van der Waals surface area contributed by atoms with Crippen LogP contribution in [-0.4, -0.2) is 157 Å². The third kappa shape index (κ3) is 16.4. The second-order valence-electron chi connectivity index (χ2n) is 29.4. The zero-order valence-corrected chi connectivity index (χ0v) is 60.1. The molecule has 8 aliphatic heterocycles. The summed E-state index contributed by atoms with van der Waals surface area (Å²) in [4.78, 5) is 15.1. The number of ketones is 1. The Kier molecular flexibility index (Phi) is 23.1. The van der Waals surface area contributed by atoms with E-state index in [2.05, 4.69) is 125 Å². The van der Waals surface area contributed by atoms with Gasteiger partial charge in [0.15, 0.2) is 30.7 Å². The number of fused-ring (bicyclic) bond motifs is 1. The van der Waals surface area contributed by atoms with Gasteiger partial charge in [0.25, 0.3) is 10.1 Å². The Morgan fingerprint density at radius 1 is 0.800 bits per heavy atom. The van der Waals surface area contributed by atoms with Crippen molar-refractivity contribution >= 4 is 56.8 Å². The molecule has 20 heteroatoms. The lowest BCUT2D eigenvalue weighted by molar-refractivity contribution is -0.292. The van der Waals surface area contributed by atoms with Crippen LogP contribution in [0.2, 0.25) is 54.4 Å². The van der Waals surface area contributed by atoms with E-state index < -0.39 is 77.5 Å². The van der Waals surface area contributed by atoms with Gasteiger partial charge in [0.1, 0.15) is 36.3 Å². The highest BCUT2D eigenvalue weighted by Crippen LogP contribution is 2.55. The van der Waals surface area contributed by atoms with Gasteiger partial charge in [0.05, 0.1) is 72.5 Å². The number of hydrogen-bond donors (Lipinski definition) is 0. The highest BCUT2D eigenvalue weighted by atomic mass is 79.9. The standard InChI is InChI=1S/C65H109BrO15SSi3/c1-19-85(20-2,21-3)71-32-22-23-46-33-42(5)44(7)53(73-46)38-54-51(57(70-14)55(75-54)37-49(81-84(17,18)64(11,12)13)40-72-83(15,16)63(8,9)10)36-45(67)35-47-26-29-52-58(74-47)62-61-60(76-52)59-56(77-61)39-65(78-59,79-62)31-30-48(34-43(6)66)80-82(68,69)50-27-24-41(4)25-28-50/h24-25,27-28,42,46-49,51-62H,6-7,19-23,26,29-40H2,1-5,8-18H3/t42-,46+,47?,48-,49+,51+,52?,53-,54+,55-,56?,57-,58?,59?,60?,61?,62?,65?/m1/s1. The lowest BCUT2D eigenvalue weighted by Gasteiger charge is -2.47. The van der Waals surface area contributed by atoms with Crippen LogP contribution in [0.25, 0.3) is 0 Å². The number of Topliss-reactive ketones (excluding diaryl/α,β-unsaturated/α-hetero) is 1. The second kappa shape index (κ2) is 28.1. The molecule has 9 rings (SSSR count). The molecular formula is C65H109BrO15SSi3. The van der Waals surface area contributed by atoms with Crippen LogP contribution < -0.4 is 0 Å². The zero-order valence-electron chi connectivity index (χ0n) is 54.7. The number of aryl methyl sites for hydroxylation is 1. The number of methoxy groups -OCH3 is 1. The van der Waals surface area contributed by atoms with Gasteiger partial charge in [0.2, 0.25) is 0 Å². The normalized spacial score (nSPS) is 34.1. The molecule has 9 unspecified atom stereocenters. The summed E-state index contributed by atoms with van der Waals surface area (Å²) in [6.07, 6.45) is 1.70. The Morgan fingerprint density at radius 3 is 2.08 bits per heavy atom. The second-order valence-corrected chi connectivity index (χ2v) is 46.4. The third-order valence-electron chi connectivity index (χ3n) is 21.4. The number of carbonyl (C=O) groups is 1. The Balaban J connectivity index is 0.986. The van der Waals surface area contributed by atoms with E-state index in [4.69, 9.17) is 55.4 Å². The largest absolute Gasteiger partial charge is 0.417 e. The van der Waals surface area contributed by atoms with E-state index in [0.29, 0.717) is 56.0 Å². The van der Waals surface area contributed by atoms with Crippen molar-refractivity contribution in [2.45, 2.75) is 316 Å². The van der Waals surface area contributed by atoms with Crippen LogP contribution in [0.3, 0.4) is 0 Å². The summed E-state index contributed by atoms with van der Waals surface area (Å²) in [5.41, 5.74) is 2.02. The van der Waals surface area contributed by atoms with Crippen LogP contribution >= 0.6 is 15.9 Å². The summed E-state index contributed by atoms with van der Waals surface area (Å²) in [7, 11) is -8.48. The van der Waals surface area contributed by atoms with Gasteiger partial charge in [-0.05, 0) is 128 Å². The predicted octanol–water partition coefficient (Wildman–Crippen LogP) is 14.2. The van der Waals surface area contributed by atoms with Crippen LogP contribution in [0, 0.1) is 18.8 Å². The molecule has 0 aromatic heterocycles. The number of hydrogen-bond acceptors (Lipinski definition) is 15. The Morgan fingerprint density at radius 2 is 1.45 bits per heavy atom. The molecule has 15 nitrogen and oxygen atoms in total. The molecule has 0 aliphatic carbocycles. The fourth-order valence-corrected chi connectivity index (χ4v) is 20.4. The number of halogens is 1. The van der Waals surface area contributed by atoms with Gasteiger partial charge in [-0.25, -0.2) is 0 Å². The van der Waals surface area contributed by atoms with E-state index in [-0.39, 0.29) is 107 Å². The van der Waals surface area contributed by atoms with Gasteiger partial charge in [0, 0.05) is 64.6 Å². The first kappa shape index (κ1) is 69.9. The van der Waals surface area contributed by atoms with E-state index in [0.717, 1.165) is 55.1 Å². The van der Waals surface area contributed by atoms with E-state index in [1.807, 2.05) is 6.92 Å². The first-order valence-corrected chi connectivity index (χ1v) is 42.9. The van der Waals surface area contributed by atoms with Crippen LogP contribution in [0.1, 0.15) is 158 Å². The maximum Gasteiger partial charge on any atom is 0.297 e. The summed E-state index contributed by atoms with van der Waals surface area (Å²) >= 11 is 3.46. The molecule has 1 aromatic rings. The van der Waals surface area contributed by atoms with Gasteiger partial charge < -0.3 is 51.2 Å². The molecule has 8 saturated heterocycles.